The van der Waals surface area contributed by atoms with Crippen LogP contribution in [0.15, 0.2) is 54.6 Å². The number of carbonyl (C=O) groups is 1. The summed E-state index contributed by atoms with van der Waals surface area (Å²) in [6.45, 7) is 14.3. The van der Waals surface area contributed by atoms with Crippen LogP contribution in [0.1, 0.15) is 38.2 Å². The third-order valence-electron chi connectivity index (χ3n) is 6.28. The molecule has 0 amide bonds. The summed E-state index contributed by atoms with van der Waals surface area (Å²) < 4.78 is 24.2. The molecule has 0 saturated heterocycles. The fourth-order valence-electron chi connectivity index (χ4n) is 3.21. The second-order valence-corrected chi connectivity index (χ2v) is 14.5. The lowest BCUT2D eigenvalue weighted by Gasteiger charge is -2.36. The number of ether oxygens (including phenoxy) is 3. The fraction of sp³-hybridized carbons (Fsp3) is 0.407. The second kappa shape index (κ2) is 11.1. The summed E-state index contributed by atoms with van der Waals surface area (Å²) in [5.41, 5.74) is 2.72. The Kier molecular flexibility index (Phi) is 8.40. The van der Waals surface area contributed by atoms with Crippen LogP contribution in [0.5, 0.6) is 11.5 Å². The molecule has 1 aromatic heterocycles. The van der Waals surface area contributed by atoms with Crippen molar-refractivity contribution >= 4 is 14.3 Å². The molecule has 188 valence electrons. The Morgan fingerprint density at radius 3 is 2.17 bits per heavy atom. The minimum absolute atomic E-state index is 0.171. The topological polar surface area (TPSA) is 71.8 Å². The number of hydrogen-bond acceptors (Lipinski definition) is 6. The molecule has 0 aliphatic rings. The smallest absolute Gasteiger partial charge is 0.358 e. The van der Waals surface area contributed by atoms with Crippen molar-refractivity contribution in [3.63, 3.8) is 0 Å². The van der Waals surface area contributed by atoms with Crippen molar-refractivity contribution in [2.45, 2.75) is 45.8 Å². The summed E-state index contributed by atoms with van der Waals surface area (Å²) in [5, 5.41) is 4.68. The molecule has 0 spiro atoms. The molecule has 0 N–H and O–H groups in total. The van der Waals surface area contributed by atoms with Gasteiger partial charge in [0, 0.05) is 5.56 Å². The van der Waals surface area contributed by atoms with Crippen molar-refractivity contribution in [3.05, 3.63) is 60.3 Å². The van der Waals surface area contributed by atoms with E-state index in [1.54, 1.807) is 24.8 Å². The molecule has 0 unspecified atom stereocenters. The Morgan fingerprint density at radius 2 is 1.60 bits per heavy atom. The van der Waals surface area contributed by atoms with Gasteiger partial charge in [-0.3, -0.25) is 0 Å². The molecule has 0 atom stereocenters. The third kappa shape index (κ3) is 6.52. The van der Waals surface area contributed by atoms with E-state index in [-0.39, 0.29) is 17.3 Å². The van der Waals surface area contributed by atoms with E-state index in [0.29, 0.717) is 13.2 Å². The van der Waals surface area contributed by atoms with Crippen LogP contribution in [0.25, 0.3) is 16.9 Å². The molecule has 0 aliphatic carbocycles. The fourth-order valence-corrected chi connectivity index (χ4v) is 4.23. The lowest BCUT2D eigenvalue weighted by atomic mass is 10.1. The molecule has 0 bridgehead atoms. The van der Waals surface area contributed by atoms with E-state index in [1.165, 1.54) is 0 Å². The summed E-state index contributed by atoms with van der Waals surface area (Å²) in [7, 11) is -0.168. The van der Waals surface area contributed by atoms with Crippen LogP contribution in [0, 0.1) is 0 Å². The van der Waals surface area contributed by atoms with Crippen molar-refractivity contribution in [3.8, 4) is 28.4 Å². The van der Waals surface area contributed by atoms with Crippen molar-refractivity contribution < 1.29 is 23.4 Å². The first kappa shape index (κ1) is 26.5. The molecular weight excluding hydrogens is 460 g/mol. The minimum Gasteiger partial charge on any atom is -0.497 e. The first-order valence-corrected chi connectivity index (χ1v) is 14.8. The van der Waals surface area contributed by atoms with Gasteiger partial charge < -0.3 is 18.6 Å². The molecule has 2 aromatic carbocycles. The highest BCUT2D eigenvalue weighted by Gasteiger charge is 2.36. The Balaban J connectivity index is 1.77. The van der Waals surface area contributed by atoms with Crippen LogP contribution >= 0.6 is 0 Å². The summed E-state index contributed by atoms with van der Waals surface area (Å²) in [5.74, 6) is 1.04. The number of benzene rings is 2. The van der Waals surface area contributed by atoms with Crippen molar-refractivity contribution in [1.29, 1.82) is 0 Å². The van der Waals surface area contributed by atoms with Gasteiger partial charge in [-0.2, -0.15) is 5.10 Å². The van der Waals surface area contributed by atoms with Crippen molar-refractivity contribution in [1.82, 2.24) is 9.78 Å². The average Bonchev–Trinajstić information content (AvgIpc) is 3.27. The highest BCUT2D eigenvalue weighted by Crippen LogP contribution is 2.36. The molecule has 0 radical (unpaired) electrons. The van der Waals surface area contributed by atoms with E-state index in [9.17, 15) is 4.79 Å². The third-order valence-corrected chi connectivity index (χ3v) is 10.8. The molecule has 8 heteroatoms. The SMILES string of the molecule is CCOC(=O)c1cc(-c2ccc(OCCO[Si](C)(C)C(C)(C)C)cc2)n(-c2ccc(OC)cc2)n1. The maximum absolute atomic E-state index is 12.4. The second-order valence-electron chi connectivity index (χ2n) is 9.73. The zero-order valence-electron chi connectivity index (χ0n) is 21.8. The summed E-state index contributed by atoms with van der Waals surface area (Å²) in [6.07, 6.45) is 0. The van der Waals surface area contributed by atoms with Gasteiger partial charge in [0.05, 0.1) is 31.7 Å². The van der Waals surface area contributed by atoms with Gasteiger partial charge in [-0.1, -0.05) is 20.8 Å². The molecule has 0 aliphatic heterocycles. The Labute approximate surface area is 209 Å². The van der Waals surface area contributed by atoms with Crippen LogP contribution in [-0.2, 0) is 9.16 Å². The van der Waals surface area contributed by atoms with Gasteiger partial charge in [0.25, 0.3) is 0 Å². The number of carbonyl (C=O) groups excluding carboxylic acids is 1. The largest absolute Gasteiger partial charge is 0.497 e. The van der Waals surface area contributed by atoms with E-state index in [2.05, 4.69) is 39.0 Å². The van der Waals surface area contributed by atoms with E-state index < -0.39 is 14.3 Å². The molecule has 35 heavy (non-hydrogen) atoms. The number of hydrogen-bond donors (Lipinski definition) is 0. The normalized spacial score (nSPS) is 11.9. The monoisotopic (exact) mass is 496 g/mol. The number of methoxy groups -OCH3 is 1. The maximum atomic E-state index is 12.4. The molecule has 7 nitrogen and oxygen atoms in total. The zero-order valence-corrected chi connectivity index (χ0v) is 22.8. The van der Waals surface area contributed by atoms with Gasteiger partial charge >= 0.3 is 5.97 Å². The van der Waals surface area contributed by atoms with Gasteiger partial charge in [0.2, 0.25) is 0 Å². The molecule has 3 rings (SSSR count). The van der Waals surface area contributed by atoms with Crippen LogP contribution < -0.4 is 9.47 Å². The molecule has 1 heterocycles. The molecule has 0 saturated carbocycles. The van der Waals surface area contributed by atoms with Crippen LogP contribution in [-0.4, -0.2) is 51.0 Å². The quantitative estimate of drug-likeness (QED) is 0.191. The van der Waals surface area contributed by atoms with E-state index in [1.807, 2.05) is 48.5 Å². The number of nitrogens with zero attached hydrogens (tertiary/aromatic N) is 2. The van der Waals surface area contributed by atoms with Gasteiger partial charge in [-0.25, -0.2) is 9.48 Å². The summed E-state index contributed by atoms with van der Waals surface area (Å²) in [4.78, 5) is 12.4. The van der Waals surface area contributed by atoms with E-state index in [4.69, 9.17) is 18.6 Å². The van der Waals surface area contributed by atoms with Gasteiger partial charge in [-0.05, 0) is 79.7 Å². The minimum atomic E-state index is -1.79. The van der Waals surface area contributed by atoms with Crippen LogP contribution in [0.3, 0.4) is 0 Å². The molecular formula is C27H36N2O5Si. The standard InChI is InChI=1S/C27H36N2O5Si/c1-8-32-26(30)24-19-25(29(28-24)21-11-15-22(31-5)16-12-21)20-9-13-23(14-10-20)33-17-18-34-35(6,7)27(2,3)4/h9-16,19H,8,17-18H2,1-7H3. The summed E-state index contributed by atoms with van der Waals surface area (Å²) >= 11 is 0. The Morgan fingerprint density at radius 1 is 0.971 bits per heavy atom. The average molecular weight is 497 g/mol. The highest BCUT2D eigenvalue weighted by atomic mass is 28.4. The predicted octanol–water partition coefficient (Wildman–Crippen LogP) is 6.13. The van der Waals surface area contributed by atoms with Crippen LogP contribution in [0.4, 0.5) is 0 Å². The van der Waals surface area contributed by atoms with Crippen molar-refractivity contribution in [2.24, 2.45) is 0 Å². The van der Waals surface area contributed by atoms with Gasteiger partial charge in [0.1, 0.15) is 18.1 Å². The molecule has 3 aromatic rings. The number of esters is 1. The lowest BCUT2D eigenvalue weighted by Crippen LogP contribution is -2.41. The maximum Gasteiger partial charge on any atom is 0.358 e. The number of aromatic nitrogens is 2. The number of rotatable bonds is 10. The Hall–Kier alpha value is -3.10. The van der Waals surface area contributed by atoms with Crippen LogP contribution in [0.2, 0.25) is 18.1 Å². The lowest BCUT2D eigenvalue weighted by molar-refractivity contribution is 0.0519. The van der Waals surface area contributed by atoms with Gasteiger partial charge in [-0.15, -0.1) is 0 Å². The van der Waals surface area contributed by atoms with Crippen molar-refractivity contribution in [2.75, 3.05) is 26.9 Å². The van der Waals surface area contributed by atoms with Gasteiger partial charge in [0.15, 0.2) is 14.0 Å². The first-order chi connectivity index (χ1) is 16.6. The summed E-state index contributed by atoms with van der Waals surface area (Å²) in [6, 6.07) is 17.0. The van der Waals surface area contributed by atoms with E-state index >= 15 is 0 Å². The molecule has 0 fully saturated rings. The van der Waals surface area contributed by atoms with E-state index in [0.717, 1.165) is 28.4 Å². The predicted molar refractivity (Wildman–Crippen MR) is 140 cm³/mol. The first-order valence-electron chi connectivity index (χ1n) is 11.8. The zero-order chi connectivity index (χ0) is 25.6. The Bertz CT molecular complexity index is 1120. The highest BCUT2D eigenvalue weighted by molar-refractivity contribution is 6.74.